The van der Waals surface area contributed by atoms with Crippen molar-refractivity contribution in [2.45, 2.75) is 43.9 Å². The van der Waals surface area contributed by atoms with Gasteiger partial charge in [-0.3, -0.25) is 9.59 Å². The summed E-state index contributed by atoms with van der Waals surface area (Å²) in [5.41, 5.74) is 3.88. The molecule has 1 aliphatic rings. The topological polar surface area (TPSA) is 112 Å². The van der Waals surface area contributed by atoms with Crippen molar-refractivity contribution in [3.8, 4) is 10.6 Å². The monoisotopic (exact) mass is 472 g/mol. The zero-order valence-corrected chi connectivity index (χ0v) is 19.6. The van der Waals surface area contributed by atoms with E-state index in [1.807, 2.05) is 32.9 Å². The average Bonchev–Trinajstić information content (AvgIpc) is 3.41. The van der Waals surface area contributed by atoms with E-state index < -0.39 is 16.1 Å². The maximum absolute atomic E-state index is 13.4. The Hall–Kier alpha value is -2.82. The van der Waals surface area contributed by atoms with Gasteiger partial charge in [-0.05, 0) is 62.9 Å². The van der Waals surface area contributed by atoms with Gasteiger partial charge in [0.2, 0.25) is 5.91 Å². The van der Waals surface area contributed by atoms with Gasteiger partial charge in [0.15, 0.2) is 0 Å². The summed E-state index contributed by atoms with van der Waals surface area (Å²) in [6.45, 7) is 6.14. The van der Waals surface area contributed by atoms with E-state index in [4.69, 9.17) is 0 Å². The smallest absolute Gasteiger partial charge is 0.264 e. The first-order valence-corrected chi connectivity index (χ1v) is 12.5. The van der Waals surface area contributed by atoms with Crippen LogP contribution in [0.5, 0.6) is 0 Å². The van der Waals surface area contributed by atoms with Crippen molar-refractivity contribution in [1.29, 1.82) is 0 Å². The van der Waals surface area contributed by atoms with Crippen LogP contribution in [-0.2, 0) is 14.8 Å². The van der Waals surface area contributed by atoms with Crippen molar-refractivity contribution in [3.63, 3.8) is 0 Å². The molecule has 3 heterocycles. The number of sulfonamides is 1. The molecule has 1 saturated heterocycles. The Morgan fingerprint density at radius 3 is 2.53 bits per heavy atom. The van der Waals surface area contributed by atoms with Crippen LogP contribution in [0.15, 0.2) is 45.4 Å². The fraction of sp³-hybridized carbons (Fsp3) is 0.318. The molecular weight excluding hydrogens is 448 g/mol. The highest BCUT2D eigenvalue weighted by atomic mass is 32.2. The summed E-state index contributed by atoms with van der Waals surface area (Å²) in [4.78, 5) is 24.9. The summed E-state index contributed by atoms with van der Waals surface area (Å²) < 4.78 is 28.1. The lowest BCUT2D eigenvalue weighted by Crippen LogP contribution is -2.43. The van der Waals surface area contributed by atoms with Crippen molar-refractivity contribution >= 4 is 33.0 Å². The number of anilines is 1. The number of hydrogen-bond acceptors (Lipinski definition) is 6. The van der Waals surface area contributed by atoms with Crippen LogP contribution in [0, 0.1) is 20.8 Å². The van der Waals surface area contributed by atoms with Crippen LogP contribution in [0.25, 0.3) is 10.6 Å². The number of amides is 1. The van der Waals surface area contributed by atoms with Gasteiger partial charge in [0.05, 0.1) is 4.88 Å². The summed E-state index contributed by atoms with van der Waals surface area (Å²) in [5.74, 6) is -0.319. The summed E-state index contributed by atoms with van der Waals surface area (Å²) >= 11 is 1.06. The maximum Gasteiger partial charge on any atom is 0.264 e. The average molecular weight is 473 g/mol. The van der Waals surface area contributed by atoms with E-state index in [9.17, 15) is 18.0 Å². The van der Waals surface area contributed by atoms with Crippen molar-refractivity contribution < 1.29 is 13.2 Å². The third-order valence-corrected chi connectivity index (χ3v) is 8.99. The molecule has 1 aromatic carbocycles. The second-order valence-corrected chi connectivity index (χ2v) is 11.2. The van der Waals surface area contributed by atoms with E-state index in [-0.39, 0.29) is 22.2 Å². The number of benzene rings is 1. The van der Waals surface area contributed by atoms with Crippen molar-refractivity contribution in [3.05, 3.63) is 63.4 Å². The van der Waals surface area contributed by atoms with E-state index in [0.29, 0.717) is 23.4 Å². The molecule has 0 unspecified atom stereocenters. The van der Waals surface area contributed by atoms with Gasteiger partial charge in [-0.1, -0.05) is 17.7 Å². The molecule has 0 saturated carbocycles. The molecule has 3 aromatic rings. The Balaban J connectivity index is 1.58. The molecule has 2 N–H and O–H groups in total. The Labute approximate surface area is 190 Å². The van der Waals surface area contributed by atoms with Crippen LogP contribution >= 0.6 is 11.3 Å². The van der Waals surface area contributed by atoms with Crippen LogP contribution in [0.2, 0.25) is 0 Å². The lowest BCUT2D eigenvalue weighted by atomic mass is 10.0. The number of nitrogens with one attached hydrogen (secondary N) is 2. The van der Waals surface area contributed by atoms with E-state index in [0.717, 1.165) is 33.7 Å². The lowest BCUT2D eigenvalue weighted by molar-refractivity contribution is -0.119. The number of aryl methyl sites for hydroxylation is 3. The third kappa shape index (κ3) is 4.25. The SMILES string of the molecule is Cc1cc(C)c(NC(=O)[C@H]2CCCN2S(=O)(=O)c2ccc(-c3ccc(=O)[nH]n3)s2)c(C)c1. The molecule has 10 heteroatoms. The highest BCUT2D eigenvalue weighted by molar-refractivity contribution is 7.91. The molecule has 1 amide bonds. The predicted molar refractivity (Wildman–Crippen MR) is 124 cm³/mol. The van der Waals surface area contributed by atoms with E-state index in [2.05, 4.69) is 15.5 Å². The van der Waals surface area contributed by atoms with Crippen molar-refractivity contribution in [2.24, 2.45) is 0 Å². The molecule has 1 fully saturated rings. The molecular formula is C22H24N4O4S2. The van der Waals surface area contributed by atoms with Crippen LogP contribution in [0.1, 0.15) is 29.5 Å². The van der Waals surface area contributed by atoms with E-state index >= 15 is 0 Å². The number of carbonyl (C=O) groups excluding carboxylic acids is 1. The van der Waals surface area contributed by atoms with Crippen molar-refractivity contribution in [2.75, 3.05) is 11.9 Å². The maximum atomic E-state index is 13.4. The van der Waals surface area contributed by atoms with Gasteiger partial charge in [0.25, 0.3) is 15.6 Å². The van der Waals surface area contributed by atoms with Crippen LogP contribution < -0.4 is 10.9 Å². The summed E-state index contributed by atoms with van der Waals surface area (Å²) in [5, 5.41) is 9.25. The minimum Gasteiger partial charge on any atom is -0.324 e. The minimum atomic E-state index is -3.86. The van der Waals surface area contributed by atoms with E-state index in [1.165, 1.54) is 16.4 Å². The number of hydrogen-bond donors (Lipinski definition) is 2. The van der Waals surface area contributed by atoms with Crippen molar-refractivity contribution in [1.82, 2.24) is 14.5 Å². The second kappa shape index (κ2) is 8.61. The first-order chi connectivity index (χ1) is 15.2. The highest BCUT2D eigenvalue weighted by Gasteiger charge is 2.40. The molecule has 4 rings (SSSR count). The number of carbonyl (C=O) groups is 1. The minimum absolute atomic E-state index is 0.142. The molecule has 8 nitrogen and oxygen atoms in total. The number of rotatable bonds is 5. The Morgan fingerprint density at radius 2 is 1.88 bits per heavy atom. The Kier molecular flexibility index (Phi) is 6.02. The molecule has 0 bridgehead atoms. The third-order valence-electron chi connectivity index (χ3n) is 5.51. The van der Waals surface area contributed by atoms with Gasteiger partial charge < -0.3 is 5.32 Å². The Bertz CT molecular complexity index is 1300. The molecule has 0 aliphatic carbocycles. The molecule has 168 valence electrons. The van der Waals surface area contributed by atoms with Gasteiger partial charge in [-0.2, -0.15) is 9.40 Å². The van der Waals surface area contributed by atoms with Crippen LogP contribution in [0.3, 0.4) is 0 Å². The highest BCUT2D eigenvalue weighted by Crippen LogP contribution is 2.34. The first kappa shape index (κ1) is 22.4. The fourth-order valence-electron chi connectivity index (χ4n) is 4.07. The van der Waals surface area contributed by atoms with Gasteiger partial charge in [0, 0.05) is 18.3 Å². The number of aromatic amines is 1. The zero-order chi connectivity index (χ0) is 23.0. The standard InChI is InChI=1S/C22H24N4O4S2/c1-13-11-14(2)21(15(3)12-13)23-22(28)17-5-4-10-26(17)32(29,30)20-9-7-18(31-20)16-6-8-19(27)25-24-16/h6-9,11-12,17H,4-5,10H2,1-3H3,(H,23,28)(H,25,27)/t17-/m1/s1. The second-order valence-electron chi connectivity index (χ2n) is 7.96. The Morgan fingerprint density at radius 1 is 1.16 bits per heavy atom. The fourth-order valence-corrected chi connectivity index (χ4v) is 7.13. The lowest BCUT2D eigenvalue weighted by Gasteiger charge is -2.23. The summed E-state index contributed by atoms with van der Waals surface area (Å²) in [6, 6.07) is 9.27. The summed E-state index contributed by atoms with van der Waals surface area (Å²) in [7, 11) is -3.86. The number of nitrogens with zero attached hydrogens (tertiary/aromatic N) is 2. The largest absolute Gasteiger partial charge is 0.324 e. The van der Waals surface area contributed by atoms with E-state index in [1.54, 1.807) is 12.1 Å². The molecule has 0 radical (unpaired) electrons. The molecule has 1 aliphatic heterocycles. The number of H-pyrrole nitrogens is 1. The van der Waals surface area contributed by atoms with Crippen LogP contribution in [0.4, 0.5) is 5.69 Å². The predicted octanol–water partition coefficient (Wildman–Crippen LogP) is 3.22. The molecule has 0 spiro atoms. The summed E-state index contributed by atoms with van der Waals surface area (Å²) in [6.07, 6.45) is 1.08. The number of thiophene rings is 1. The normalized spacial score (nSPS) is 16.9. The van der Waals surface area contributed by atoms with Gasteiger partial charge >= 0.3 is 0 Å². The van der Waals surface area contributed by atoms with Gasteiger partial charge in [-0.15, -0.1) is 11.3 Å². The number of aromatic nitrogens is 2. The molecule has 32 heavy (non-hydrogen) atoms. The van der Waals surface area contributed by atoms with Gasteiger partial charge in [-0.25, -0.2) is 13.5 Å². The first-order valence-electron chi connectivity index (χ1n) is 10.2. The van der Waals surface area contributed by atoms with Crippen LogP contribution in [-0.4, -0.2) is 41.4 Å². The zero-order valence-electron chi connectivity index (χ0n) is 18.0. The quantitative estimate of drug-likeness (QED) is 0.592. The molecule has 1 atom stereocenters. The van der Waals surface area contributed by atoms with Gasteiger partial charge in [0.1, 0.15) is 15.9 Å². The molecule has 2 aromatic heterocycles.